The molecular formula is C19H40IN5. The maximum Gasteiger partial charge on any atom is 0.188 e. The molecule has 0 aromatic heterocycles. The monoisotopic (exact) mass is 465 g/mol. The summed E-state index contributed by atoms with van der Waals surface area (Å²) >= 11 is 0. The van der Waals surface area contributed by atoms with Crippen LogP contribution in [0, 0.1) is 11.8 Å². The topological polar surface area (TPSA) is 56.9 Å². The number of rotatable bonds is 7. The van der Waals surface area contributed by atoms with Crippen molar-refractivity contribution in [1.82, 2.24) is 15.1 Å². The first-order chi connectivity index (χ1) is 11.5. The van der Waals surface area contributed by atoms with Crippen molar-refractivity contribution in [3.63, 3.8) is 0 Å². The molecule has 0 radical (unpaired) electrons. The second-order valence-electron chi connectivity index (χ2n) is 8.06. The molecule has 5 nitrogen and oxygen atoms in total. The summed E-state index contributed by atoms with van der Waals surface area (Å²) in [5.41, 5.74) is 6.14. The number of halogens is 1. The Morgan fingerprint density at radius 1 is 1.20 bits per heavy atom. The fraction of sp³-hybridized carbons (Fsp3) is 0.947. The number of nitrogens with one attached hydrogen (secondary N) is 1. The van der Waals surface area contributed by atoms with E-state index in [0.717, 1.165) is 25.6 Å². The molecule has 3 N–H and O–H groups in total. The lowest BCUT2D eigenvalue weighted by molar-refractivity contribution is 0.113. The number of nitrogens with zero attached hydrogens (tertiary/aromatic N) is 3. The molecule has 0 aliphatic carbocycles. The van der Waals surface area contributed by atoms with Crippen LogP contribution in [0.1, 0.15) is 53.4 Å². The van der Waals surface area contributed by atoms with Crippen LogP contribution in [0.25, 0.3) is 0 Å². The van der Waals surface area contributed by atoms with Gasteiger partial charge in [0.15, 0.2) is 5.96 Å². The molecule has 2 unspecified atom stereocenters. The number of nitrogens with two attached hydrogens (primary N) is 1. The molecule has 0 amide bonds. The van der Waals surface area contributed by atoms with Gasteiger partial charge in [0.05, 0.1) is 6.54 Å². The molecule has 0 saturated carbocycles. The van der Waals surface area contributed by atoms with Crippen LogP contribution in [0.4, 0.5) is 0 Å². The standard InChI is InChI=1S/C19H39N5.HI/c1-5-23-10-6-7-17(23)13-21-19(20)22-14-18(15(2)3)24-11-8-16(4)9-12-24;/h15-18H,5-14H2,1-4H3,(H3,20,21,22);1H. The molecule has 0 aromatic rings. The lowest BCUT2D eigenvalue weighted by Gasteiger charge is -2.38. The zero-order valence-corrected chi connectivity index (χ0v) is 19.0. The maximum absolute atomic E-state index is 6.14. The van der Waals surface area contributed by atoms with Gasteiger partial charge in [-0.2, -0.15) is 0 Å². The zero-order chi connectivity index (χ0) is 17.5. The van der Waals surface area contributed by atoms with Crippen LogP contribution < -0.4 is 11.1 Å². The van der Waals surface area contributed by atoms with Crippen molar-refractivity contribution in [2.45, 2.75) is 65.5 Å². The molecule has 2 rings (SSSR count). The Kier molecular flexibility index (Phi) is 10.6. The first kappa shape index (κ1) is 23.0. The molecule has 0 spiro atoms. The van der Waals surface area contributed by atoms with Gasteiger partial charge in [-0.05, 0) is 63.7 Å². The van der Waals surface area contributed by atoms with Gasteiger partial charge in [0.1, 0.15) is 0 Å². The maximum atomic E-state index is 6.14. The molecular weight excluding hydrogens is 425 g/mol. The second-order valence-corrected chi connectivity index (χ2v) is 8.06. The molecule has 148 valence electrons. The van der Waals surface area contributed by atoms with Crippen LogP contribution in [0.3, 0.4) is 0 Å². The van der Waals surface area contributed by atoms with Crippen molar-refractivity contribution in [2.75, 3.05) is 39.3 Å². The molecule has 2 saturated heterocycles. The number of likely N-dealkylation sites (tertiary alicyclic amines) is 2. The summed E-state index contributed by atoms with van der Waals surface area (Å²) in [7, 11) is 0. The lowest BCUT2D eigenvalue weighted by Crippen LogP contribution is -2.47. The molecule has 2 aliphatic heterocycles. The van der Waals surface area contributed by atoms with Crippen molar-refractivity contribution < 1.29 is 0 Å². The van der Waals surface area contributed by atoms with E-state index >= 15 is 0 Å². The summed E-state index contributed by atoms with van der Waals surface area (Å²) in [4.78, 5) is 9.83. The molecule has 25 heavy (non-hydrogen) atoms. The van der Waals surface area contributed by atoms with E-state index in [0.29, 0.717) is 24.0 Å². The van der Waals surface area contributed by atoms with Crippen LogP contribution in [0.15, 0.2) is 4.99 Å². The fourth-order valence-corrected chi connectivity index (χ4v) is 4.12. The van der Waals surface area contributed by atoms with E-state index < -0.39 is 0 Å². The predicted octanol–water partition coefficient (Wildman–Crippen LogP) is 2.75. The predicted molar refractivity (Wildman–Crippen MR) is 119 cm³/mol. The molecule has 0 aromatic carbocycles. The normalized spacial score (nSPS) is 25.2. The van der Waals surface area contributed by atoms with E-state index in [1.165, 1.54) is 45.3 Å². The van der Waals surface area contributed by atoms with Gasteiger partial charge in [-0.15, -0.1) is 24.0 Å². The molecule has 2 fully saturated rings. The highest BCUT2D eigenvalue weighted by molar-refractivity contribution is 14.0. The smallest absolute Gasteiger partial charge is 0.188 e. The summed E-state index contributed by atoms with van der Waals surface area (Å²) < 4.78 is 0. The zero-order valence-electron chi connectivity index (χ0n) is 16.7. The molecule has 2 atom stereocenters. The number of aliphatic imine (C=N–C) groups is 1. The summed E-state index contributed by atoms with van der Waals surface area (Å²) in [6, 6.07) is 1.13. The third kappa shape index (κ3) is 7.21. The van der Waals surface area contributed by atoms with E-state index in [1.807, 2.05) is 0 Å². The van der Waals surface area contributed by atoms with Crippen molar-refractivity contribution in [3.05, 3.63) is 0 Å². The minimum Gasteiger partial charge on any atom is -0.370 e. The van der Waals surface area contributed by atoms with Crippen molar-refractivity contribution in [2.24, 2.45) is 22.6 Å². The SMILES string of the molecule is CCN1CCCC1CNC(N)=NCC(C(C)C)N1CCC(C)CC1.I. The summed E-state index contributed by atoms with van der Waals surface area (Å²) in [6.07, 6.45) is 5.21. The molecule has 2 heterocycles. The van der Waals surface area contributed by atoms with Crippen LogP contribution in [0.5, 0.6) is 0 Å². The highest BCUT2D eigenvalue weighted by Gasteiger charge is 2.26. The van der Waals surface area contributed by atoms with E-state index in [9.17, 15) is 0 Å². The van der Waals surface area contributed by atoms with Gasteiger partial charge >= 0.3 is 0 Å². The molecule has 6 heteroatoms. The Bertz CT molecular complexity index is 393. The van der Waals surface area contributed by atoms with Gasteiger partial charge in [0.2, 0.25) is 0 Å². The highest BCUT2D eigenvalue weighted by Crippen LogP contribution is 2.21. The van der Waals surface area contributed by atoms with Crippen LogP contribution in [-0.4, -0.2) is 67.1 Å². The first-order valence-corrected chi connectivity index (χ1v) is 10.0. The minimum absolute atomic E-state index is 0. The Balaban J connectivity index is 0.00000312. The van der Waals surface area contributed by atoms with Gasteiger partial charge in [-0.1, -0.05) is 27.7 Å². The summed E-state index contributed by atoms with van der Waals surface area (Å²) in [5.74, 6) is 2.10. The molecule has 0 bridgehead atoms. The Morgan fingerprint density at radius 3 is 2.48 bits per heavy atom. The van der Waals surface area contributed by atoms with Gasteiger partial charge in [0.25, 0.3) is 0 Å². The average molecular weight is 465 g/mol. The highest BCUT2D eigenvalue weighted by atomic mass is 127. The number of hydrogen-bond donors (Lipinski definition) is 2. The van der Waals surface area contributed by atoms with E-state index in [-0.39, 0.29) is 24.0 Å². The van der Waals surface area contributed by atoms with E-state index in [2.05, 4.69) is 47.8 Å². The fourth-order valence-electron chi connectivity index (χ4n) is 4.12. The number of hydrogen-bond acceptors (Lipinski definition) is 3. The van der Waals surface area contributed by atoms with Gasteiger partial charge in [-0.3, -0.25) is 14.8 Å². The van der Waals surface area contributed by atoms with Crippen molar-refractivity contribution in [1.29, 1.82) is 0 Å². The Labute approximate surface area is 172 Å². The average Bonchev–Trinajstić information content (AvgIpc) is 3.02. The van der Waals surface area contributed by atoms with Crippen molar-refractivity contribution in [3.8, 4) is 0 Å². The number of likely N-dealkylation sites (N-methyl/N-ethyl adjacent to an activating group) is 1. The van der Waals surface area contributed by atoms with E-state index in [1.54, 1.807) is 0 Å². The third-order valence-corrected chi connectivity index (χ3v) is 5.93. The lowest BCUT2D eigenvalue weighted by atomic mass is 9.94. The summed E-state index contributed by atoms with van der Waals surface area (Å²) in [6.45, 7) is 15.7. The second kappa shape index (κ2) is 11.6. The molecule has 2 aliphatic rings. The minimum atomic E-state index is 0. The van der Waals surface area contributed by atoms with Gasteiger partial charge in [-0.25, -0.2) is 0 Å². The largest absolute Gasteiger partial charge is 0.370 e. The van der Waals surface area contributed by atoms with Crippen LogP contribution in [-0.2, 0) is 0 Å². The summed E-state index contributed by atoms with van der Waals surface area (Å²) in [5, 5.41) is 3.36. The Morgan fingerprint density at radius 2 is 1.88 bits per heavy atom. The van der Waals surface area contributed by atoms with Crippen molar-refractivity contribution >= 4 is 29.9 Å². The Hall–Kier alpha value is -0.0800. The van der Waals surface area contributed by atoms with Gasteiger partial charge in [0, 0.05) is 18.6 Å². The quantitative estimate of drug-likeness (QED) is 0.345. The third-order valence-electron chi connectivity index (χ3n) is 5.93. The van der Waals surface area contributed by atoms with E-state index in [4.69, 9.17) is 5.73 Å². The van der Waals surface area contributed by atoms with Gasteiger partial charge < -0.3 is 11.1 Å². The van der Waals surface area contributed by atoms with Crippen LogP contribution >= 0.6 is 24.0 Å². The van der Waals surface area contributed by atoms with Crippen LogP contribution in [0.2, 0.25) is 0 Å². The number of piperidine rings is 1. The number of guanidine groups is 1. The first-order valence-electron chi connectivity index (χ1n) is 10.0.